The minimum absolute atomic E-state index is 0.197. The van der Waals surface area contributed by atoms with E-state index in [0.717, 1.165) is 6.07 Å². The number of hydrogen-bond donors (Lipinski definition) is 1. The van der Waals surface area contributed by atoms with Crippen LogP contribution in [0.2, 0.25) is 0 Å². The van der Waals surface area contributed by atoms with E-state index in [4.69, 9.17) is 4.74 Å². The zero-order valence-corrected chi connectivity index (χ0v) is 12.7. The smallest absolute Gasteiger partial charge is 0.200 e. The minimum Gasteiger partial charge on any atom is -0.497 e. The monoisotopic (exact) mass is 355 g/mol. The largest absolute Gasteiger partial charge is 0.497 e. The van der Waals surface area contributed by atoms with Gasteiger partial charge in [0.25, 0.3) is 0 Å². The van der Waals surface area contributed by atoms with E-state index in [-0.39, 0.29) is 11.1 Å². The SMILES string of the molecule is COc1ccc2nc(-c3c(F)c(F)c(F)c(F)c3F)cc(CO)c2c1. The Bertz CT molecular complexity index is 962. The zero-order chi connectivity index (χ0) is 18.3. The number of benzene rings is 2. The fourth-order valence-corrected chi connectivity index (χ4v) is 2.49. The van der Waals surface area contributed by atoms with Crippen LogP contribution in [0.25, 0.3) is 22.2 Å². The van der Waals surface area contributed by atoms with Crippen LogP contribution in [-0.2, 0) is 6.61 Å². The van der Waals surface area contributed by atoms with Crippen molar-refractivity contribution < 1.29 is 31.8 Å². The number of hydrogen-bond acceptors (Lipinski definition) is 3. The summed E-state index contributed by atoms with van der Waals surface area (Å²) >= 11 is 0. The number of pyridine rings is 1. The molecular formula is C17H10F5NO2. The standard InChI is InChI=1S/C17H10F5NO2/c1-25-8-2-3-10-9(5-8)7(6-24)4-11(23-10)12-13(18)15(20)17(22)16(21)14(12)19/h2-5,24H,6H2,1H3. The molecule has 1 aromatic heterocycles. The Morgan fingerprint density at radius 2 is 1.52 bits per heavy atom. The van der Waals surface area contributed by atoms with Gasteiger partial charge in [-0.05, 0) is 29.8 Å². The lowest BCUT2D eigenvalue weighted by Crippen LogP contribution is -2.05. The number of ether oxygens (including phenoxy) is 1. The summed E-state index contributed by atoms with van der Waals surface area (Å²) in [5, 5.41) is 9.92. The lowest BCUT2D eigenvalue weighted by atomic mass is 10.0. The van der Waals surface area contributed by atoms with Gasteiger partial charge in [0.05, 0.1) is 30.5 Å². The van der Waals surface area contributed by atoms with E-state index in [9.17, 15) is 27.1 Å². The molecular weight excluding hydrogens is 345 g/mol. The summed E-state index contributed by atoms with van der Waals surface area (Å²) in [5.74, 6) is -9.88. The fraction of sp³-hybridized carbons (Fsp3) is 0.118. The van der Waals surface area contributed by atoms with Crippen LogP contribution in [0.3, 0.4) is 0 Å². The number of nitrogens with zero attached hydrogens (tertiary/aromatic N) is 1. The second kappa shape index (κ2) is 6.29. The van der Waals surface area contributed by atoms with Crippen LogP contribution in [0.4, 0.5) is 22.0 Å². The van der Waals surface area contributed by atoms with E-state index in [1.165, 1.54) is 25.3 Å². The van der Waals surface area contributed by atoms with Crippen molar-refractivity contribution in [3.8, 4) is 17.0 Å². The average Bonchev–Trinajstić information content (AvgIpc) is 2.63. The lowest BCUT2D eigenvalue weighted by Gasteiger charge is -2.12. The highest BCUT2D eigenvalue weighted by molar-refractivity contribution is 5.86. The molecule has 2 aromatic carbocycles. The van der Waals surface area contributed by atoms with Crippen molar-refractivity contribution in [3.63, 3.8) is 0 Å². The Labute approximate surface area is 138 Å². The first-order valence-corrected chi connectivity index (χ1v) is 6.99. The molecule has 25 heavy (non-hydrogen) atoms. The third-order valence-corrected chi connectivity index (χ3v) is 3.74. The van der Waals surface area contributed by atoms with Crippen LogP contribution >= 0.6 is 0 Å². The van der Waals surface area contributed by atoms with Gasteiger partial charge in [-0.2, -0.15) is 0 Å². The van der Waals surface area contributed by atoms with Crippen molar-refractivity contribution in [1.29, 1.82) is 0 Å². The fourth-order valence-electron chi connectivity index (χ4n) is 2.49. The first-order chi connectivity index (χ1) is 11.9. The van der Waals surface area contributed by atoms with E-state index in [0.29, 0.717) is 11.1 Å². The summed E-state index contributed by atoms with van der Waals surface area (Å²) in [6.07, 6.45) is 0. The van der Waals surface area contributed by atoms with Gasteiger partial charge >= 0.3 is 0 Å². The molecule has 0 amide bonds. The lowest BCUT2D eigenvalue weighted by molar-refractivity contribution is 0.283. The van der Waals surface area contributed by atoms with Crippen molar-refractivity contribution in [2.75, 3.05) is 7.11 Å². The summed E-state index contributed by atoms with van der Waals surface area (Å²) in [5.41, 5.74) is -1.23. The van der Waals surface area contributed by atoms with Crippen molar-refractivity contribution in [1.82, 2.24) is 4.98 Å². The second-order valence-corrected chi connectivity index (χ2v) is 5.15. The Morgan fingerprint density at radius 3 is 2.08 bits per heavy atom. The van der Waals surface area contributed by atoms with Crippen LogP contribution in [0.1, 0.15) is 5.56 Å². The summed E-state index contributed by atoms with van der Waals surface area (Å²) in [6, 6.07) is 5.57. The summed E-state index contributed by atoms with van der Waals surface area (Å²) in [7, 11) is 1.43. The van der Waals surface area contributed by atoms with Crippen molar-refractivity contribution in [2.24, 2.45) is 0 Å². The number of methoxy groups -OCH3 is 1. The van der Waals surface area contributed by atoms with E-state index < -0.39 is 47.0 Å². The van der Waals surface area contributed by atoms with Crippen LogP contribution < -0.4 is 4.74 Å². The van der Waals surface area contributed by atoms with Gasteiger partial charge < -0.3 is 9.84 Å². The van der Waals surface area contributed by atoms with Gasteiger partial charge in [0, 0.05) is 5.39 Å². The molecule has 3 rings (SSSR count). The minimum atomic E-state index is -2.24. The van der Waals surface area contributed by atoms with Gasteiger partial charge in [-0.25, -0.2) is 26.9 Å². The molecule has 0 fully saturated rings. The van der Waals surface area contributed by atoms with E-state index in [1.807, 2.05) is 0 Å². The van der Waals surface area contributed by atoms with Crippen LogP contribution in [0, 0.1) is 29.1 Å². The average molecular weight is 355 g/mol. The van der Waals surface area contributed by atoms with E-state index >= 15 is 0 Å². The molecule has 1 N–H and O–H groups in total. The normalized spacial score (nSPS) is 11.2. The number of fused-ring (bicyclic) bond motifs is 1. The molecule has 0 unspecified atom stereocenters. The zero-order valence-electron chi connectivity index (χ0n) is 12.7. The molecule has 0 aliphatic rings. The highest BCUT2D eigenvalue weighted by Crippen LogP contribution is 2.33. The molecule has 130 valence electrons. The molecule has 0 saturated carbocycles. The Kier molecular flexibility index (Phi) is 4.30. The van der Waals surface area contributed by atoms with Gasteiger partial charge in [0.15, 0.2) is 23.3 Å². The maximum absolute atomic E-state index is 14.0. The third-order valence-electron chi connectivity index (χ3n) is 3.74. The Balaban J connectivity index is 2.34. The van der Waals surface area contributed by atoms with Gasteiger partial charge in [-0.15, -0.1) is 0 Å². The van der Waals surface area contributed by atoms with Crippen LogP contribution in [0.15, 0.2) is 24.3 Å². The first-order valence-electron chi connectivity index (χ1n) is 6.99. The molecule has 0 aliphatic heterocycles. The molecule has 0 spiro atoms. The molecule has 0 bridgehead atoms. The van der Waals surface area contributed by atoms with E-state index in [1.54, 1.807) is 0 Å². The molecule has 3 aromatic rings. The van der Waals surface area contributed by atoms with Gasteiger partial charge in [-0.1, -0.05) is 0 Å². The molecule has 0 saturated heterocycles. The Hall–Kier alpha value is -2.74. The molecule has 0 atom stereocenters. The molecule has 0 aliphatic carbocycles. The van der Waals surface area contributed by atoms with Gasteiger partial charge in [0.2, 0.25) is 5.82 Å². The predicted molar refractivity (Wildman–Crippen MR) is 79.4 cm³/mol. The molecule has 0 radical (unpaired) electrons. The summed E-state index contributed by atoms with van der Waals surface area (Å²) in [6.45, 7) is -0.533. The van der Waals surface area contributed by atoms with Crippen LogP contribution in [-0.4, -0.2) is 17.2 Å². The topological polar surface area (TPSA) is 42.4 Å². The number of halogens is 5. The van der Waals surface area contributed by atoms with Crippen molar-refractivity contribution in [2.45, 2.75) is 6.61 Å². The maximum atomic E-state index is 14.0. The van der Waals surface area contributed by atoms with Gasteiger partial charge in [0.1, 0.15) is 5.75 Å². The van der Waals surface area contributed by atoms with Gasteiger partial charge in [-0.3, -0.25) is 0 Å². The number of aliphatic hydroxyl groups excluding tert-OH is 1. The summed E-state index contributed by atoms with van der Waals surface area (Å²) < 4.78 is 73.1. The molecule has 8 heteroatoms. The first kappa shape index (κ1) is 17.1. The second-order valence-electron chi connectivity index (χ2n) is 5.15. The predicted octanol–water partition coefficient (Wildman–Crippen LogP) is 4.10. The molecule has 1 heterocycles. The van der Waals surface area contributed by atoms with Crippen LogP contribution in [0.5, 0.6) is 5.75 Å². The van der Waals surface area contributed by atoms with Crippen molar-refractivity contribution >= 4 is 10.9 Å². The molecule has 3 nitrogen and oxygen atoms in total. The maximum Gasteiger partial charge on any atom is 0.200 e. The number of rotatable bonds is 3. The number of aliphatic hydroxyl groups is 1. The van der Waals surface area contributed by atoms with Crippen molar-refractivity contribution in [3.05, 3.63) is 58.9 Å². The highest BCUT2D eigenvalue weighted by Gasteiger charge is 2.27. The summed E-state index contributed by atoms with van der Waals surface area (Å²) in [4.78, 5) is 3.96. The quantitative estimate of drug-likeness (QED) is 0.437. The Morgan fingerprint density at radius 1 is 0.920 bits per heavy atom. The van der Waals surface area contributed by atoms with E-state index in [2.05, 4.69) is 4.98 Å². The third kappa shape index (κ3) is 2.68. The highest BCUT2D eigenvalue weighted by atomic mass is 19.2. The number of aromatic nitrogens is 1.